The highest BCUT2D eigenvalue weighted by molar-refractivity contribution is 5.69. The molecule has 2 aromatic rings. The monoisotopic (exact) mass is 530 g/mol. The third-order valence-corrected chi connectivity index (χ3v) is 5.54. The zero-order valence-corrected chi connectivity index (χ0v) is 21.4. The van der Waals surface area contributed by atoms with Crippen LogP contribution in [0.3, 0.4) is 0 Å². The zero-order chi connectivity index (χ0) is 27.9. The smallest absolute Gasteiger partial charge is 0.303 e. The van der Waals surface area contributed by atoms with E-state index in [-0.39, 0.29) is 12.2 Å². The van der Waals surface area contributed by atoms with Gasteiger partial charge in [-0.2, -0.15) is 0 Å². The van der Waals surface area contributed by atoms with Gasteiger partial charge in [-0.3, -0.25) is 19.2 Å². The first-order valence-electron chi connectivity index (χ1n) is 11.8. The molecule has 0 aromatic heterocycles. The summed E-state index contributed by atoms with van der Waals surface area (Å²) in [7, 11) is 0. The number of hydrogen-bond acceptors (Lipinski definition) is 11. The van der Waals surface area contributed by atoms with Crippen LogP contribution < -0.4 is 4.74 Å². The molecule has 1 N–H and O–H groups in total. The van der Waals surface area contributed by atoms with E-state index in [4.69, 9.17) is 28.4 Å². The summed E-state index contributed by atoms with van der Waals surface area (Å²) in [6.45, 7) is 4.15. The van der Waals surface area contributed by atoms with Gasteiger partial charge in [0, 0.05) is 33.3 Å². The predicted octanol–water partition coefficient (Wildman–Crippen LogP) is 2.17. The maximum Gasteiger partial charge on any atom is 0.303 e. The van der Waals surface area contributed by atoms with Crippen LogP contribution in [0.1, 0.15) is 38.8 Å². The summed E-state index contributed by atoms with van der Waals surface area (Å²) in [6, 6.07) is 15.5. The lowest BCUT2D eigenvalue weighted by atomic mass is 9.87. The Morgan fingerprint density at radius 1 is 0.816 bits per heavy atom. The second kappa shape index (κ2) is 12.5. The largest absolute Gasteiger partial charge is 0.489 e. The van der Waals surface area contributed by atoms with Gasteiger partial charge in [0.25, 0.3) is 0 Å². The average Bonchev–Trinajstić information content (AvgIpc) is 2.85. The first-order valence-corrected chi connectivity index (χ1v) is 11.8. The summed E-state index contributed by atoms with van der Waals surface area (Å²) in [5.74, 6) is -4.83. The lowest BCUT2D eigenvalue weighted by Gasteiger charge is -2.48. The molecule has 1 aliphatic heterocycles. The molecule has 0 bridgehead atoms. The molecule has 0 aliphatic carbocycles. The lowest BCUT2D eigenvalue weighted by Crippen LogP contribution is -2.66. The van der Waals surface area contributed by atoms with E-state index >= 15 is 0 Å². The minimum absolute atomic E-state index is 0.129. The number of benzene rings is 2. The molecule has 0 spiro atoms. The standard InChI is InChI=1S/C27H30O11/c1-16(28)33-15-23-24(35-17(2)29)25(36-18(3)30)26(37-19(4)31)27(32,38-23)21-10-8-9-20(13-21)14-34-22-11-6-5-7-12-22/h5-13,23-26,32H,14-15H2,1-4H3/t23-,24-,25+,26-,27?/m1/s1. The Balaban J connectivity index is 2.04. The fourth-order valence-corrected chi connectivity index (χ4v) is 4.08. The Bertz CT molecular complexity index is 1150. The van der Waals surface area contributed by atoms with Crippen molar-refractivity contribution in [1.82, 2.24) is 0 Å². The number of hydrogen-bond donors (Lipinski definition) is 1. The molecule has 3 rings (SSSR count). The summed E-state index contributed by atoms with van der Waals surface area (Å²) >= 11 is 0. The first-order chi connectivity index (χ1) is 18.0. The molecule has 38 heavy (non-hydrogen) atoms. The Labute approximate surface area is 219 Å². The van der Waals surface area contributed by atoms with E-state index in [0.717, 1.165) is 27.7 Å². The SMILES string of the molecule is CC(=O)OC[C@H]1OC(O)(c2cccc(COc3ccccc3)c2)[C@H](OC(C)=O)[C@@H](OC(C)=O)[C@@H]1OC(C)=O. The molecule has 1 unspecified atom stereocenters. The fourth-order valence-electron chi connectivity index (χ4n) is 4.08. The van der Waals surface area contributed by atoms with Crippen LogP contribution in [-0.4, -0.2) is 60.0 Å². The second-order valence-electron chi connectivity index (χ2n) is 8.64. The van der Waals surface area contributed by atoms with Crippen LogP contribution in [0.4, 0.5) is 0 Å². The van der Waals surface area contributed by atoms with Crippen LogP contribution in [0.2, 0.25) is 0 Å². The van der Waals surface area contributed by atoms with Crippen molar-refractivity contribution in [2.75, 3.05) is 6.61 Å². The van der Waals surface area contributed by atoms with E-state index in [1.165, 1.54) is 6.07 Å². The van der Waals surface area contributed by atoms with Crippen LogP contribution in [0, 0.1) is 0 Å². The van der Waals surface area contributed by atoms with Crippen molar-refractivity contribution in [3.8, 4) is 5.75 Å². The molecule has 11 nitrogen and oxygen atoms in total. The number of para-hydroxylation sites is 1. The maximum absolute atomic E-state index is 12.1. The normalized spacial score (nSPS) is 24.6. The Morgan fingerprint density at radius 3 is 2.05 bits per heavy atom. The van der Waals surface area contributed by atoms with Crippen LogP contribution in [0.25, 0.3) is 0 Å². The number of ether oxygens (including phenoxy) is 6. The number of rotatable bonds is 9. The topological polar surface area (TPSA) is 144 Å². The summed E-state index contributed by atoms with van der Waals surface area (Å²) in [4.78, 5) is 47.6. The van der Waals surface area contributed by atoms with Crippen LogP contribution in [0.15, 0.2) is 54.6 Å². The maximum atomic E-state index is 12.1. The third-order valence-electron chi connectivity index (χ3n) is 5.54. The lowest BCUT2D eigenvalue weighted by molar-refractivity contribution is -0.360. The van der Waals surface area contributed by atoms with Crippen LogP contribution >= 0.6 is 0 Å². The number of carbonyl (C=O) groups is 4. The Morgan fingerprint density at radius 2 is 1.45 bits per heavy atom. The molecule has 1 aliphatic rings. The van der Waals surface area contributed by atoms with E-state index in [1.807, 2.05) is 18.2 Å². The highest BCUT2D eigenvalue weighted by Crippen LogP contribution is 2.41. The van der Waals surface area contributed by atoms with Crippen LogP contribution in [0.5, 0.6) is 5.75 Å². The quantitative estimate of drug-likeness (QED) is 0.376. The summed E-state index contributed by atoms with van der Waals surface area (Å²) in [5.41, 5.74) is 0.761. The van der Waals surface area contributed by atoms with Crippen molar-refractivity contribution < 1.29 is 52.7 Å². The molecular formula is C27H30O11. The van der Waals surface area contributed by atoms with Crippen molar-refractivity contribution in [3.63, 3.8) is 0 Å². The molecule has 1 fully saturated rings. The molecular weight excluding hydrogens is 500 g/mol. The molecule has 0 saturated carbocycles. The molecule has 2 aromatic carbocycles. The van der Waals surface area contributed by atoms with Gasteiger partial charge in [-0.1, -0.05) is 36.4 Å². The molecule has 0 radical (unpaired) electrons. The highest BCUT2D eigenvalue weighted by Gasteiger charge is 2.60. The van der Waals surface area contributed by atoms with Gasteiger partial charge in [-0.25, -0.2) is 0 Å². The second-order valence-corrected chi connectivity index (χ2v) is 8.64. The van der Waals surface area contributed by atoms with Crippen molar-refractivity contribution in [2.45, 2.75) is 64.5 Å². The summed E-state index contributed by atoms with van der Waals surface area (Å²) in [6.07, 6.45) is -5.85. The van der Waals surface area contributed by atoms with E-state index in [9.17, 15) is 24.3 Å². The van der Waals surface area contributed by atoms with E-state index in [0.29, 0.717) is 11.3 Å². The predicted molar refractivity (Wildman–Crippen MR) is 129 cm³/mol. The van der Waals surface area contributed by atoms with E-state index in [1.54, 1.807) is 30.3 Å². The van der Waals surface area contributed by atoms with Crippen LogP contribution in [-0.2, 0) is 55.3 Å². The molecule has 1 saturated heterocycles. The van der Waals surface area contributed by atoms with Gasteiger partial charge in [0.2, 0.25) is 11.9 Å². The third kappa shape index (κ3) is 7.30. The van der Waals surface area contributed by atoms with Crippen molar-refractivity contribution >= 4 is 23.9 Å². The van der Waals surface area contributed by atoms with Crippen molar-refractivity contribution in [2.24, 2.45) is 0 Å². The zero-order valence-electron chi connectivity index (χ0n) is 21.4. The van der Waals surface area contributed by atoms with Gasteiger partial charge in [-0.15, -0.1) is 0 Å². The number of esters is 4. The van der Waals surface area contributed by atoms with Gasteiger partial charge in [0.1, 0.15) is 25.1 Å². The minimum Gasteiger partial charge on any atom is -0.489 e. The fraction of sp³-hybridized carbons (Fsp3) is 0.407. The summed E-state index contributed by atoms with van der Waals surface area (Å²) in [5, 5.41) is 11.9. The van der Waals surface area contributed by atoms with E-state index in [2.05, 4.69) is 0 Å². The van der Waals surface area contributed by atoms with Crippen molar-refractivity contribution in [3.05, 3.63) is 65.7 Å². The molecule has 11 heteroatoms. The van der Waals surface area contributed by atoms with Gasteiger partial charge < -0.3 is 33.5 Å². The highest BCUT2D eigenvalue weighted by atomic mass is 16.7. The average molecular weight is 531 g/mol. The first kappa shape index (κ1) is 28.6. The summed E-state index contributed by atoms with van der Waals surface area (Å²) < 4.78 is 33.0. The van der Waals surface area contributed by atoms with Gasteiger partial charge in [-0.05, 0) is 23.8 Å². The van der Waals surface area contributed by atoms with Gasteiger partial charge >= 0.3 is 23.9 Å². The number of aliphatic hydroxyl groups is 1. The van der Waals surface area contributed by atoms with E-state index < -0.39 is 60.7 Å². The molecule has 1 heterocycles. The van der Waals surface area contributed by atoms with Crippen molar-refractivity contribution in [1.29, 1.82) is 0 Å². The molecule has 5 atom stereocenters. The number of carbonyl (C=O) groups excluding carboxylic acids is 4. The minimum atomic E-state index is -2.41. The Kier molecular flexibility index (Phi) is 9.43. The molecule has 204 valence electrons. The van der Waals surface area contributed by atoms with Gasteiger partial charge in [0.05, 0.1) is 0 Å². The molecule has 0 amide bonds. The Hall–Kier alpha value is -3.96. The van der Waals surface area contributed by atoms with Gasteiger partial charge in [0.15, 0.2) is 12.2 Å².